The van der Waals surface area contributed by atoms with E-state index in [-0.39, 0.29) is 16.7 Å². The van der Waals surface area contributed by atoms with Gasteiger partial charge in [-0.25, -0.2) is 19.1 Å². The Kier molecular flexibility index (Phi) is 4.94. The first kappa shape index (κ1) is 17.9. The van der Waals surface area contributed by atoms with E-state index in [0.717, 1.165) is 29.2 Å². The molecule has 1 amide bonds. The van der Waals surface area contributed by atoms with Crippen LogP contribution in [0.2, 0.25) is 5.15 Å². The van der Waals surface area contributed by atoms with Crippen molar-refractivity contribution in [3.05, 3.63) is 41.1 Å². The zero-order valence-corrected chi connectivity index (χ0v) is 15.5. The van der Waals surface area contributed by atoms with E-state index in [9.17, 15) is 4.79 Å². The summed E-state index contributed by atoms with van der Waals surface area (Å²) < 4.78 is 9.47. The molecule has 0 aliphatic heterocycles. The molecule has 0 aliphatic rings. The van der Waals surface area contributed by atoms with Crippen molar-refractivity contribution in [2.75, 3.05) is 12.8 Å². The number of carbonyl (C=O) groups is 1. The van der Waals surface area contributed by atoms with Gasteiger partial charge in [0.2, 0.25) is 0 Å². The Morgan fingerprint density at radius 1 is 1.46 bits per heavy atom. The fraction of sp³-hybridized carbons (Fsp3) is 0.294. The number of imidazole rings is 1. The Hall–Kier alpha value is -2.87. The quantitative estimate of drug-likeness (QED) is 0.657. The van der Waals surface area contributed by atoms with Gasteiger partial charge in [-0.3, -0.25) is 4.79 Å². The van der Waals surface area contributed by atoms with Crippen molar-refractivity contribution in [1.82, 2.24) is 19.9 Å². The number of nitrogens with one attached hydrogen (secondary N) is 1. The van der Waals surface area contributed by atoms with Crippen molar-refractivity contribution in [2.24, 2.45) is 7.05 Å². The van der Waals surface area contributed by atoms with E-state index in [1.54, 1.807) is 7.11 Å². The molecular weight excluding hydrogens is 356 g/mol. The molecule has 2 heterocycles. The second-order valence-corrected chi connectivity index (χ2v) is 6.07. The molecule has 0 unspecified atom stereocenters. The summed E-state index contributed by atoms with van der Waals surface area (Å²) in [4.78, 5) is 20.2. The van der Waals surface area contributed by atoms with E-state index in [4.69, 9.17) is 22.1 Å². The number of nitrogens with two attached hydrogens (primary N) is 1. The van der Waals surface area contributed by atoms with E-state index in [0.29, 0.717) is 6.54 Å². The third-order valence-corrected chi connectivity index (χ3v) is 4.43. The number of hydrogen-bond acceptors (Lipinski definition) is 5. The van der Waals surface area contributed by atoms with Gasteiger partial charge in [-0.2, -0.15) is 0 Å². The normalized spacial score (nSPS) is 10.9. The van der Waals surface area contributed by atoms with Crippen molar-refractivity contribution >= 4 is 34.4 Å². The number of anilines is 1. The summed E-state index contributed by atoms with van der Waals surface area (Å²) in [5, 5.41) is 2.95. The highest BCUT2D eigenvalue weighted by Crippen LogP contribution is 2.21. The van der Waals surface area contributed by atoms with Crippen LogP contribution in [0, 0.1) is 0 Å². The fourth-order valence-electron chi connectivity index (χ4n) is 2.94. The van der Waals surface area contributed by atoms with Crippen LogP contribution in [0.5, 0.6) is 5.75 Å². The molecule has 0 saturated heterocycles. The van der Waals surface area contributed by atoms with Crippen molar-refractivity contribution in [2.45, 2.75) is 20.0 Å². The number of aromatic nitrogens is 4. The maximum Gasteiger partial charge on any atom is 0.276 e. The maximum atomic E-state index is 12.4. The van der Waals surface area contributed by atoms with Crippen molar-refractivity contribution in [3.63, 3.8) is 0 Å². The van der Waals surface area contributed by atoms with E-state index < -0.39 is 5.91 Å². The van der Waals surface area contributed by atoms with Gasteiger partial charge < -0.3 is 15.8 Å². The average molecular weight is 376 g/mol. The highest BCUT2D eigenvalue weighted by molar-refractivity contribution is 6.29. The fourth-order valence-corrected chi connectivity index (χ4v) is 3.08. The number of ether oxygens (including phenoxy) is 1. The van der Waals surface area contributed by atoms with Crippen LogP contribution in [-0.2, 0) is 20.1 Å². The summed E-state index contributed by atoms with van der Waals surface area (Å²) in [5.41, 5.74) is 7.81. The zero-order valence-electron chi connectivity index (χ0n) is 14.8. The lowest BCUT2D eigenvalue weighted by Crippen LogP contribution is -2.38. The van der Waals surface area contributed by atoms with Gasteiger partial charge in [0.25, 0.3) is 11.7 Å². The number of methoxy groups -OCH3 is 1. The van der Waals surface area contributed by atoms with Crippen LogP contribution in [0.1, 0.15) is 23.2 Å². The average Bonchev–Trinajstić information content (AvgIpc) is 2.92. The van der Waals surface area contributed by atoms with Crippen LogP contribution in [0.4, 0.5) is 5.82 Å². The van der Waals surface area contributed by atoms with Crippen LogP contribution in [0.15, 0.2) is 24.4 Å². The molecule has 2 aromatic heterocycles. The first-order chi connectivity index (χ1) is 12.5. The minimum Gasteiger partial charge on any atom is -0.497 e. The third-order valence-electron chi connectivity index (χ3n) is 4.24. The van der Waals surface area contributed by atoms with Gasteiger partial charge in [0.05, 0.1) is 26.9 Å². The second kappa shape index (κ2) is 7.17. The molecule has 136 valence electrons. The van der Waals surface area contributed by atoms with Crippen LogP contribution < -0.4 is 20.4 Å². The van der Waals surface area contributed by atoms with E-state index >= 15 is 0 Å². The number of nitrogen functional groups attached to an aromatic ring is 1. The molecule has 0 bridgehead atoms. The molecule has 3 rings (SSSR count). The molecule has 3 aromatic rings. The molecule has 1 aromatic carbocycles. The molecule has 3 N–H and O–H groups in total. The summed E-state index contributed by atoms with van der Waals surface area (Å²) in [5.74, 6) is 1.32. The number of benzene rings is 1. The Morgan fingerprint density at radius 3 is 2.92 bits per heavy atom. The Bertz CT molecular complexity index is 985. The lowest BCUT2D eigenvalue weighted by molar-refractivity contribution is -0.654. The minimum atomic E-state index is -0.428. The highest BCUT2D eigenvalue weighted by atomic mass is 35.5. The molecular formula is C17H20ClN6O2+. The molecule has 0 spiro atoms. The van der Waals surface area contributed by atoms with Gasteiger partial charge in [-0.05, 0) is 19.1 Å². The van der Waals surface area contributed by atoms with Gasteiger partial charge in [0, 0.05) is 6.07 Å². The van der Waals surface area contributed by atoms with E-state index in [2.05, 4.69) is 19.9 Å². The third kappa shape index (κ3) is 3.15. The standard InChI is InChI=1S/C17H19ClN6O2/c1-4-24-12-7-10(26-3)5-6-11(12)23(2)14(24)9-21-17(25)15-16(19)20-8-13(18)22-15/h5-8H,4,9H2,1-3H3,(H2-,19,20,21,25)/p+1. The number of halogens is 1. The first-order valence-electron chi connectivity index (χ1n) is 8.07. The molecule has 0 atom stereocenters. The molecule has 9 heteroatoms. The Balaban J connectivity index is 1.92. The zero-order chi connectivity index (χ0) is 18.8. The SMILES string of the molecule is CCn1c(CNC(=O)c2nc(Cl)cnc2N)[n+](C)c2ccc(OC)cc21. The summed E-state index contributed by atoms with van der Waals surface area (Å²) in [6, 6.07) is 5.88. The number of aryl methyl sites for hydroxylation is 2. The smallest absolute Gasteiger partial charge is 0.276 e. The Morgan fingerprint density at radius 2 is 2.23 bits per heavy atom. The molecule has 0 aliphatic carbocycles. The summed E-state index contributed by atoms with van der Waals surface area (Å²) >= 11 is 5.80. The van der Waals surface area contributed by atoms with E-state index in [1.807, 2.05) is 36.7 Å². The number of carbonyl (C=O) groups excluding carboxylic acids is 1. The minimum absolute atomic E-state index is 0.0148. The predicted octanol–water partition coefficient (Wildman–Crippen LogP) is 1.45. The van der Waals surface area contributed by atoms with Gasteiger partial charge >= 0.3 is 0 Å². The van der Waals surface area contributed by atoms with Crippen molar-refractivity contribution in [1.29, 1.82) is 0 Å². The van der Waals surface area contributed by atoms with Crippen LogP contribution in [0.3, 0.4) is 0 Å². The topological polar surface area (TPSA) is 98.9 Å². The van der Waals surface area contributed by atoms with Crippen molar-refractivity contribution in [3.8, 4) is 5.75 Å². The lowest BCUT2D eigenvalue weighted by Gasteiger charge is -2.06. The highest BCUT2D eigenvalue weighted by Gasteiger charge is 2.23. The lowest BCUT2D eigenvalue weighted by atomic mass is 10.3. The maximum absolute atomic E-state index is 12.4. The van der Waals surface area contributed by atoms with Crippen LogP contribution >= 0.6 is 11.6 Å². The molecule has 0 saturated carbocycles. The summed E-state index contributed by atoms with van der Waals surface area (Å²) in [7, 11) is 3.59. The predicted molar refractivity (Wildman–Crippen MR) is 98.0 cm³/mol. The molecule has 0 fully saturated rings. The summed E-state index contributed by atoms with van der Waals surface area (Å²) in [6.45, 7) is 3.09. The largest absolute Gasteiger partial charge is 0.497 e. The molecule has 0 radical (unpaired) electrons. The molecule has 8 nitrogen and oxygen atoms in total. The number of hydrogen-bond donors (Lipinski definition) is 2. The Labute approximate surface area is 155 Å². The van der Waals surface area contributed by atoms with Gasteiger partial charge in [0.1, 0.15) is 17.4 Å². The van der Waals surface area contributed by atoms with E-state index in [1.165, 1.54) is 6.20 Å². The first-order valence-corrected chi connectivity index (χ1v) is 8.45. The molecule has 26 heavy (non-hydrogen) atoms. The number of nitrogens with zero attached hydrogens (tertiary/aromatic N) is 4. The van der Waals surface area contributed by atoms with Gasteiger partial charge in [-0.15, -0.1) is 0 Å². The monoisotopic (exact) mass is 375 g/mol. The van der Waals surface area contributed by atoms with Gasteiger partial charge in [-0.1, -0.05) is 11.6 Å². The number of fused-ring (bicyclic) bond motifs is 1. The number of amides is 1. The van der Waals surface area contributed by atoms with Gasteiger partial charge in [0.15, 0.2) is 22.5 Å². The van der Waals surface area contributed by atoms with Crippen LogP contribution in [-0.4, -0.2) is 27.6 Å². The van der Waals surface area contributed by atoms with Crippen molar-refractivity contribution < 1.29 is 14.1 Å². The number of rotatable bonds is 5. The van der Waals surface area contributed by atoms with Crippen LogP contribution in [0.25, 0.3) is 11.0 Å². The second-order valence-electron chi connectivity index (χ2n) is 5.68. The summed E-state index contributed by atoms with van der Waals surface area (Å²) in [6.07, 6.45) is 1.30.